The molecule has 2 aromatic rings. The van der Waals surface area contributed by atoms with E-state index in [-0.39, 0.29) is 0 Å². The quantitative estimate of drug-likeness (QED) is 0.732. The summed E-state index contributed by atoms with van der Waals surface area (Å²) in [5, 5.41) is 0.583. The number of nitrogens with zero attached hydrogens (tertiary/aromatic N) is 2. The zero-order valence-corrected chi connectivity index (χ0v) is 12.8. The Morgan fingerprint density at radius 2 is 1.79 bits per heavy atom. The topological polar surface area (TPSA) is 25.8 Å². The van der Waals surface area contributed by atoms with E-state index in [0.717, 1.165) is 22.5 Å². The zero-order valence-electron chi connectivity index (χ0n) is 12.1. The molecule has 2 aromatic heterocycles. The summed E-state index contributed by atoms with van der Waals surface area (Å²) in [4.78, 5) is 8.88. The molecule has 0 N–H and O–H groups in total. The van der Waals surface area contributed by atoms with E-state index in [1.165, 1.54) is 11.1 Å². The van der Waals surface area contributed by atoms with Gasteiger partial charge in [-0.3, -0.25) is 4.98 Å². The largest absolute Gasteiger partial charge is 0.261 e. The Bertz CT molecular complexity index is 618. The van der Waals surface area contributed by atoms with Crippen LogP contribution in [-0.2, 0) is 0 Å². The second kappa shape index (κ2) is 5.30. The molecule has 0 atom stereocenters. The van der Waals surface area contributed by atoms with Crippen LogP contribution >= 0.6 is 11.6 Å². The van der Waals surface area contributed by atoms with Gasteiger partial charge in [0.2, 0.25) is 0 Å². The molecule has 3 heteroatoms. The van der Waals surface area contributed by atoms with Crippen LogP contribution in [0.1, 0.15) is 42.1 Å². The number of aromatic nitrogens is 2. The van der Waals surface area contributed by atoms with Crippen LogP contribution in [0.15, 0.2) is 18.3 Å². The Kier molecular flexibility index (Phi) is 3.91. The molecule has 0 spiro atoms. The predicted octanol–water partition coefficient (Wildman–Crippen LogP) is 4.85. The third-order valence-electron chi connectivity index (χ3n) is 3.51. The Hall–Kier alpha value is -1.41. The first-order valence-corrected chi connectivity index (χ1v) is 6.88. The third kappa shape index (κ3) is 2.79. The average Bonchev–Trinajstić information content (AvgIpc) is 2.35. The van der Waals surface area contributed by atoms with Gasteiger partial charge < -0.3 is 0 Å². The highest BCUT2D eigenvalue weighted by Gasteiger charge is 2.12. The maximum Gasteiger partial charge on any atom is 0.132 e. The summed E-state index contributed by atoms with van der Waals surface area (Å²) in [7, 11) is 0. The highest BCUT2D eigenvalue weighted by atomic mass is 35.5. The Labute approximate surface area is 119 Å². The molecule has 0 radical (unpaired) electrons. The molecule has 0 aliphatic carbocycles. The Morgan fingerprint density at radius 3 is 2.37 bits per heavy atom. The maximum absolute atomic E-state index is 6.25. The van der Waals surface area contributed by atoms with E-state index in [4.69, 9.17) is 11.6 Å². The first-order chi connectivity index (χ1) is 8.90. The third-order valence-corrected chi connectivity index (χ3v) is 3.88. The van der Waals surface area contributed by atoms with Gasteiger partial charge >= 0.3 is 0 Å². The maximum atomic E-state index is 6.25. The molecule has 0 fully saturated rings. The molecule has 0 aromatic carbocycles. The van der Waals surface area contributed by atoms with Gasteiger partial charge in [-0.15, -0.1) is 0 Å². The second-order valence-corrected chi connectivity index (χ2v) is 5.65. The van der Waals surface area contributed by atoms with Crippen LogP contribution in [-0.4, -0.2) is 9.97 Å². The first kappa shape index (κ1) is 14.0. The molecular weight excluding hydrogens is 256 g/mol. The van der Waals surface area contributed by atoms with E-state index in [0.29, 0.717) is 11.1 Å². The lowest BCUT2D eigenvalue weighted by atomic mass is 9.97. The van der Waals surface area contributed by atoms with E-state index in [1.54, 1.807) is 0 Å². The lowest BCUT2D eigenvalue weighted by Crippen LogP contribution is -1.98. The number of halogens is 1. The van der Waals surface area contributed by atoms with E-state index in [1.807, 2.05) is 20.0 Å². The summed E-state index contributed by atoms with van der Waals surface area (Å²) in [6.07, 6.45) is 1.86. The number of aryl methyl sites for hydroxylation is 2. The number of hydrogen-bond acceptors (Lipinski definition) is 2. The van der Waals surface area contributed by atoms with Crippen LogP contribution in [0.5, 0.6) is 0 Å². The molecule has 19 heavy (non-hydrogen) atoms. The predicted molar refractivity (Wildman–Crippen MR) is 80.8 cm³/mol. The number of rotatable bonds is 2. The van der Waals surface area contributed by atoms with Crippen molar-refractivity contribution >= 4 is 11.6 Å². The van der Waals surface area contributed by atoms with Crippen LogP contribution in [0, 0.1) is 20.8 Å². The van der Waals surface area contributed by atoms with Crippen molar-refractivity contribution in [2.75, 3.05) is 0 Å². The summed E-state index contributed by atoms with van der Waals surface area (Å²) in [6.45, 7) is 10.4. The molecule has 0 aliphatic heterocycles. The van der Waals surface area contributed by atoms with Gasteiger partial charge in [0.15, 0.2) is 0 Å². The van der Waals surface area contributed by atoms with E-state index in [9.17, 15) is 0 Å². The summed E-state index contributed by atoms with van der Waals surface area (Å²) >= 11 is 6.25. The summed E-state index contributed by atoms with van der Waals surface area (Å²) < 4.78 is 0. The number of hydrogen-bond donors (Lipinski definition) is 0. The minimum atomic E-state index is 0.429. The van der Waals surface area contributed by atoms with Crippen molar-refractivity contribution in [1.82, 2.24) is 9.97 Å². The molecule has 0 saturated carbocycles. The monoisotopic (exact) mass is 274 g/mol. The van der Waals surface area contributed by atoms with Crippen molar-refractivity contribution in [3.05, 3.63) is 45.9 Å². The summed E-state index contributed by atoms with van der Waals surface area (Å²) in [5.74, 6) is 0.429. The fraction of sp³-hybridized carbons (Fsp3) is 0.375. The minimum Gasteiger partial charge on any atom is -0.261 e. The Balaban J connectivity index is 2.59. The zero-order chi connectivity index (χ0) is 14.2. The van der Waals surface area contributed by atoms with Crippen LogP contribution in [0.25, 0.3) is 11.3 Å². The highest BCUT2D eigenvalue weighted by Crippen LogP contribution is 2.29. The first-order valence-electron chi connectivity index (χ1n) is 6.50. The van der Waals surface area contributed by atoms with Crippen LogP contribution < -0.4 is 0 Å². The fourth-order valence-electron chi connectivity index (χ4n) is 2.13. The van der Waals surface area contributed by atoms with Crippen molar-refractivity contribution in [3.8, 4) is 11.3 Å². The van der Waals surface area contributed by atoms with E-state index in [2.05, 4.69) is 42.9 Å². The van der Waals surface area contributed by atoms with Gasteiger partial charge in [0.1, 0.15) is 5.15 Å². The second-order valence-electron chi connectivity index (χ2n) is 5.29. The van der Waals surface area contributed by atoms with Crippen molar-refractivity contribution in [2.45, 2.75) is 40.5 Å². The normalized spacial score (nSPS) is 11.1. The molecule has 2 heterocycles. The molecule has 0 unspecified atom stereocenters. The van der Waals surface area contributed by atoms with Crippen LogP contribution in [0.4, 0.5) is 0 Å². The molecule has 100 valence electrons. The van der Waals surface area contributed by atoms with Gasteiger partial charge in [-0.1, -0.05) is 25.4 Å². The summed E-state index contributed by atoms with van der Waals surface area (Å²) in [6, 6.07) is 4.23. The molecule has 0 amide bonds. The van der Waals surface area contributed by atoms with E-state index < -0.39 is 0 Å². The van der Waals surface area contributed by atoms with Crippen LogP contribution in [0.2, 0.25) is 5.15 Å². The highest BCUT2D eigenvalue weighted by molar-refractivity contribution is 6.30. The summed E-state index contributed by atoms with van der Waals surface area (Å²) in [5.41, 5.74) is 6.44. The standard InChI is InChI=1S/C16H19ClN2/c1-9(2)14-7-15(19-16(17)11(14)4)13-6-10(3)12(5)18-8-13/h6-9H,1-5H3. The Morgan fingerprint density at radius 1 is 1.11 bits per heavy atom. The lowest BCUT2D eigenvalue weighted by molar-refractivity contribution is 0.852. The molecule has 2 rings (SSSR count). The van der Waals surface area contributed by atoms with Gasteiger partial charge in [0, 0.05) is 17.5 Å². The van der Waals surface area contributed by atoms with Gasteiger partial charge in [-0.05, 0) is 55.5 Å². The average molecular weight is 275 g/mol. The van der Waals surface area contributed by atoms with Gasteiger partial charge in [-0.2, -0.15) is 0 Å². The van der Waals surface area contributed by atoms with E-state index >= 15 is 0 Å². The molecule has 0 aliphatic rings. The van der Waals surface area contributed by atoms with Gasteiger partial charge in [0.25, 0.3) is 0 Å². The smallest absolute Gasteiger partial charge is 0.132 e. The van der Waals surface area contributed by atoms with Crippen molar-refractivity contribution < 1.29 is 0 Å². The lowest BCUT2D eigenvalue weighted by Gasteiger charge is -2.13. The molecule has 0 saturated heterocycles. The number of pyridine rings is 2. The molecule has 2 nitrogen and oxygen atoms in total. The van der Waals surface area contributed by atoms with Crippen molar-refractivity contribution in [3.63, 3.8) is 0 Å². The fourth-order valence-corrected chi connectivity index (χ4v) is 2.33. The molecular formula is C16H19ClN2. The van der Waals surface area contributed by atoms with Gasteiger partial charge in [0.05, 0.1) is 5.69 Å². The molecule has 0 bridgehead atoms. The van der Waals surface area contributed by atoms with Crippen molar-refractivity contribution in [2.24, 2.45) is 0 Å². The van der Waals surface area contributed by atoms with Crippen LogP contribution in [0.3, 0.4) is 0 Å². The van der Waals surface area contributed by atoms with Gasteiger partial charge in [-0.25, -0.2) is 4.98 Å². The van der Waals surface area contributed by atoms with Crippen molar-refractivity contribution in [1.29, 1.82) is 0 Å². The SMILES string of the molecule is Cc1cc(-c2cc(C(C)C)c(C)c(Cl)n2)cnc1C. The minimum absolute atomic E-state index is 0.429.